The molecule has 0 radical (unpaired) electrons. The highest BCUT2D eigenvalue weighted by atomic mass is 16.6. The number of rotatable bonds is 7. The Morgan fingerprint density at radius 2 is 1.50 bits per heavy atom. The van der Waals surface area contributed by atoms with Crippen LogP contribution < -0.4 is 0 Å². The predicted octanol–water partition coefficient (Wildman–Crippen LogP) is 4.20. The number of aliphatic carboxylic acids is 1. The quantitative estimate of drug-likeness (QED) is 0.568. The molecule has 0 unspecified atom stereocenters. The molecule has 0 atom stereocenters. The first-order chi connectivity index (χ1) is 11.1. The van der Waals surface area contributed by atoms with Crippen LogP contribution in [-0.4, -0.2) is 27.1 Å². The number of aromatic carboxylic acids is 1. The Labute approximate surface area is 141 Å². The summed E-state index contributed by atoms with van der Waals surface area (Å²) in [6, 6.07) is 2.60. The molecule has 0 spiro atoms. The first-order valence-corrected chi connectivity index (χ1v) is 7.87. The Bertz CT molecular complexity index is 568. The Balaban J connectivity index is 0.000000470. The molecule has 0 bridgehead atoms. The third kappa shape index (κ3) is 6.76. The highest BCUT2D eigenvalue weighted by molar-refractivity contribution is 5.88. The van der Waals surface area contributed by atoms with Gasteiger partial charge in [0.1, 0.15) is 0 Å². The number of hydrogen-bond donors (Lipinski definition) is 2. The standard InChI is InChI=1S/C9H9NO4.C8H16O2/c1-5-3-7(9(11)12)4-6(2)8(5)10(13)14;1-3-5-7(6-4-2)8(9)10/h3-4H,1-2H3,(H,11,12);7H,3-6H2,1-2H3,(H,9,10). The molecule has 0 heterocycles. The zero-order chi connectivity index (χ0) is 18.9. The number of carbonyl (C=O) groups is 2. The van der Waals surface area contributed by atoms with Crippen LogP contribution in [0.5, 0.6) is 0 Å². The molecule has 0 aliphatic rings. The highest BCUT2D eigenvalue weighted by Crippen LogP contribution is 2.24. The molecule has 0 saturated heterocycles. The summed E-state index contributed by atoms with van der Waals surface area (Å²) in [5.74, 6) is -1.82. The molecule has 1 aromatic rings. The van der Waals surface area contributed by atoms with Crippen LogP contribution >= 0.6 is 0 Å². The van der Waals surface area contributed by atoms with Crippen molar-refractivity contribution in [3.05, 3.63) is 38.9 Å². The second kappa shape index (κ2) is 10.4. The number of aryl methyl sites for hydroxylation is 2. The minimum absolute atomic E-state index is 0.0185. The first-order valence-electron chi connectivity index (χ1n) is 7.87. The van der Waals surface area contributed by atoms with Crippen molar-refractivity contribution in [1.82, 2.24) is 0 Å². The second-order valence-corrected chi connectivity index (χ2v) is 5.63. The molecule has 0 saturated carbocycles. The largest absolute Gasteiger partial charge is 0.481 e. The van der Waals surface area contributed by atoms with Crippen LogP contribution in [0.4, 0.5) is 5.69 Å². The van der Waals surface area contributed by atoms with Gasteiger partial charge in [0.05, 0.1) is 16.4 Å². The lowest BCUT2D eigenvalue weighted by molar-refractivity contribution is -0.386. The lowest BCUT2D eigenvalue weighted by atomic mass is 9.99. The van der Waals surface area contributed by atoms with Crippen LogP contribution in [0.2, 0.25) is 0 Å². The molecule has 7 heteroatoms. The Kier molecular flexibility index (Phi) is 9.30. The van der Waals surface area contributed by atoms with E-state index in [-0.39, 0.29) is 17.2 Å². The van der Waals surface area contributed by atoms with Crippen molar-refractivity contribution in [2.24, 2.45) is 5.92 Å². The van der Waals surface area contributed by atoms with Gasteiger partial charge in [-0.15, -0.1) is 0 Å². The lowest BCUT2D eigenvalue weighted by Crippen LogP contribution is -2.12. The summed E-state index contributed by atoms with van der Waals surface area (Å²) in [7, 11) is 0. The fourth-order valence-corrected chi connectivity index (χ4v) is 2.46. The molecule has 2 N–H and O–H groups in total. The average Bonchev–Trinajstić information content (AvgIpc) is 2.46. The molecule has 0 aliphatic carbocycles. The molecule has 24 heavy (non-hydrogen) atoms. The van der Waals surface area contributed by atoms with Crippen molar-refractivity contribution in [2.75, 3.05) is 0 Å². The summed E-state index contributed by atoms with van der Waals surface area (Å²) in [5.41, 5.74) is 0.792. The van der Waals surface area contributed by atoms with E-state index in [1.54, 1.807) is 0 Å². The SMILES string of the molecule is CCCC(CCC)C(=O)O.Cc1cc(C(=O)O)cc(C)c1[N+](=O)[O-]. The third-order valence-corrected chi connectivity index (χ3v) is 3.54. The van der Waals surface area contributed by atoms with Crippen molar-refractivity contribution in [2.45, 2.75) is 53.4 Å². The number of nitro groups is 1. The molecule has 1 rings (SSSR count). The maximum atomic E-state index is 10.6. The van der Waals surface area contributed by atoms with Crippen molar-refractivity contribution in [1.29, 1.82) is 0 Å². The van der Waals surface area contributed by atoms with Gasteiger partial charge in [0.2, 0.25) is 0 Å². The van der Waals surface area contributed by atoms with Crippen LogP contribution in [-0.2, 0) is 4.79 Å². The zero-order valence-corrected chi connectivity index (χ0v) is 14.5. The van der Waals surface area contributed by atoms with Crippen LogP contribution in [0.3, 0.4) is 0 Å². The van der Waals surface area contributed by atoms with Gasteiger partial charge in [0, 0.05) is 11.1 Å². The molecule has 0 aliphatic heterocycles. The van der Waals surface area contributed by atoms with Gasteiger partial charge in [0.15, 0.2) is 0 Å². The average molecular weight is 339 g/mol. The minimum atomic E-state index is -1.08. The normalized spacial score (nSPS) is 10.0. The Morgan fingerprint density at radius 3 is 1.75 bits per heavy atom. The number of benzene rings is 1. The minimum Gasteiger partial charge on any atom is -0.481 e. The number of hydrogen-bond acceptors (Lipinski definition) is 4. The van der Waals surface area contributed by atoms with E-state index in [1.165, 1.54) is 26.0 Å². The van der Waals surface area contributed by atoms with E-state index in [2.05, 4.69) is 0 Å². The van der Waals surface area contributed by atoms with E-state index in [0.717, 1.165) is 25.7 Å². The molecule has 7 nitrogen and oxygen atoms in total. The van der Waals surface area contributed by atoms with E-state index >= 15 is 0 Å². The van der Waals surface area contributed by atoms with E-state index in [1.807, 2.05) is 13.8 Å². The monoisotopic (exact) mass is 339 g/mol. The number of nitro benzene ring substituents is 1. The summed E-state index contributed by atoms with van der Waals surface area (Å²) >= 11 is 0. The number of nitrogens with zero attached hydrogens (tertiary/aromatic N) is 1. The summed E-state index contributed by atoms with van der Waals surface area (Å²) in [6.07, 6.45) is 3.58. The van der Waals surface area contributed by atoms with Gasteiger partial charge in [-0.05, 0) is 38.8 Å². The van der Waals surface area contributed by atoms with Crippen molar-refractivity contribution in [3.8, 4) is 0 Å². The molecular formula is C17H25NO6. The van der Waals surface area contributed by atoms with Gasteiger partial charge in [-0.3, -0.25) is 14.9 Å². The zero-order valence-electron chi connectivity index (χ0n) is 14.5. The van der Waals surface area contributed by atoms with Gasteiger partial charge in [0.25, 0.3) is 5.69 Å². The molecule has 0 fully saturated rings. The van der Waals surface area contributed by atoms with Crippen molar-refractivity contribution >= 4 is 17.6 Å². The fourth-order valence-electron chi connectivity index (χ4n) is 2.46. The molecule has 0 amide bonds. The van der Waals surface area contributed by atoms with Gasteiger partial charge < -0.3 is 10.2 Å². The van der Waals surface area contributed by atoms with Crippen LogP contribution in [0.15, 0.2) is 12.1 Å². The summed E-state index contributed by atoms with van der Waals surface area (Å²) < 4.78 is 0. The van der Waals surface area contributed by atoms with Crippen molar-refractivity contribution in [3.63, 3.8) is 0 Å². The number of carboxylic acids is 2. The van der Waals surface area contributed by atoms with Crippen LogP contribution in [0, 0.1) is 29.9 Å². The van der Waals surface area contributed by atoms with E-state index in [0.29, 0.717) is 11.1 Å². The van der Waals surface area contributed by atoms with Crippen LogP contribution in [0.25, 0.3) is 0 Å². The predicted molar refractivity (Wildman–Crippen MR) is 90.5 cm³/mol. The highest BCUT2D eigenvalue weighted by Gasteiger charge is 2.17. The maximum Gasteiger partial charge on any atom is 0.335 e. The van der Waals surface area contributed by atoms with E-state index in [4.69, 9.17) is 10.2 Å². The third-order valence-electron chi connectivity index (χ3n) is 3.54. The lowest BCUT2D eigenvalue weighted by Gasteiger charge is -2.07. The molecule has 0 aromatic heterocycles. The second-order valence-electron chi connectivity index (χ2n) is 5.63. The Morgan fingerprint density at radius 1 is 1.08 bits per heavy atom. The van der Waals surface area contributed by atoms with Gasteiger partial charge in [-0.2, -0.15) is 0 Å². The Hall–Kier alpha value is -2.44. The molecule has 134 valence electrons. The van der Waals surface area contributed by atoms with Gasteiger partial charge in [-0.25, -0.2) is 4.79 Å². The molecular weight excluding hydrogens is 314 g/mol. The number of carboxylic acid groups (broad SMARTS) is 2. The summed E-state index contributed by atoms with van der Waals surface area (Å²) in [5, 5.41) is 27.9. The van der Waals surface area contributed by atoms with Gasteiger partial charge >= 0.3 is 11.9 Å². The summed E-state index contributed by atoms with van der Waals surface area (Å²) in [4.78, 5) is 31.2. The first kappa shape index (κ1) is 21.6. The van der Waals surface area contributed by atoms with Crippen LogP contribution in [0.1, 0.15) is 61.0 Å². The topological polar surface area (TPSA) is 118 Å². The van der Waals surface area contributed by atoms with E-state index in [9.17, 15) is 19.7 Å². The smallest absolute Gasteiger partial charge is 0.335 e. The van der Waals surface area contributed by atoms with Gasteiger partial charge in [-0.1, -0.05) is 26.7 Å². The maximum absolute atomic E-state index is 10.6. The summed E-state index contributed by atoms with van der Waals surface area (Å²) in [6.45, 7) is 7.09. The molecule has 1 aromatic carbocycles. The van der Waals surface area contributed by atoms with Crippen molar-refractivity contribution < 1.29 is 24.7 Å². The fraction of sp³-hybridized carbons (Fsp3) is 0.529. The van der Waals surface area contributed by atoms with E-state index < -0.39 is 16.9 Å².